The lowest BCUT2D eigenvalue weighted by Crippen LogP contribution is -2.45. The van der Waals surface area contributed by atoms with E-state index in [0.717, 1.165) is 6.42 Å². The number of furan rings is 1. The number of nitrogens with one attached hydrogen (secondary N) is 1. The first-order valence-electron chi connectivity index (χ1n) is 6.88. The Labute approximate surface area is 136 Å². The Morgan fingerprint density at radius 2 is 2.09 bits per heavy atom. The van der Waals surface area contributed by atoms with Crippen molar-refractivity contribution in [1.29, 1.82) is 0 Å². The molecular weight excluding hydrogens is 356 g/mol. The Balaban J connectivity index is 2.55. The van der Waals surface area contributed by atoms with E-state index in [4.69, 9.17) is 9.52 Å². The van der Waals surface area contributed by atoms with Gasteiger partial charge in [-0.15, -0.1) is 0 Å². The van der Waals surface area contributed by atoms with E-state index < -0.39 is 23.8 Å². The minimum absolute atomic E-state index is 0.0999. The maximum atomic E-state index is 12.0. The van der Waals surface area contributed by atoms with Gasteiger partial charge >= 0.3 is 5.97 Å². The van der Waals surface area contributed by atoms with Crippen LogP contribution in [0, 0.1) is 0 Å². The summed E-state index contributed by atoms with van der Waals surface area (Å²) in [6.45, 7) is 1.70. The molecule has 1 atom stereocenters. The van der Waals surface area contributed by atoms with Gasteiger partial charge in [-0.2, -0.15) is 0 Å². The lowest BCUT2D eigenvalue weighted by Gasteiger charge is -2.18. The number of carboxylic acids is 1. The zero-order valence-corrected chi connectivity index (χ0v) is 14.1. The predicted octanol–water partition coefficient (Wildman–Crippen LogP) is 1.87. The van der Waals surface area contributed by atoms with E-state index in [9.17, 15) is 14.4 Å². The van der Waals surface area contributed by atoms with Crippen LogP contribution in [0.15, 0.2) is 21.2 Å². The summed E-state index contributed by atoms with van der Waals surface area (Å²) in [4.78, 5) is 36.1. The number of halogens is 1. The summed E-state index contributed by atoms with van der Waals surface area (Å²) < 4.78 is 5.54. The van der Waals surface area contributed by atoms with Gasteiger partial charge in [-0.05, 0) is 34.5 Å². The Kier molecular flexibility index (Phi) is 7.10. The molecule has 7 nitrogen and oxygen atoms in total. The van der Waals surface area contributed by atoms with Gasteiger partial charge in [0.15, 0.2) is 10.4 Å². The highest BCUT2D eigenvalue weighted by Gasteiger charge is 2.22. The minimum atomic E-state index is -1.08. The SMILES string of the molecule is CCCC[C@H](NC(=O)CN(C)C(=O)c1ccc(Br)o1)C(=O)O. The third-order valence-electron chi connectivity index (χ3n) is 2.99. The van der Waals surface area contributed by atoms with Crippen LogP contribution in [-0.4, -0.2) is 47.4 Å². The van der Waals surface area contributed by atoms with Crippen LogP contribution in [0.1, 0.15) is 36.7 Å². The van der Waals surface area contributed by atoms with Crippen molar-refractivity contribution in [2.45, 2.75) is 32.2 Å². The Bertz CT molecular complexity index is 543. The minimum Gasteiger partial charge on any atom is -0.480 e. The standard InChI is InChI=1S/C14H19BrN2O5/c1-3-4-5-9(14(20)21)16-12(18)8-17(2)13(19)10-6-7-11(15)22-10/h6-7,9H,3-5,8H2,1-2H3,(H,16,18)(H,20,21)/t9-/m0/s1. The molecule has 0 saturated carbocycles. The highest BCUT2D eigenvalue weighted by atomic mass is 79.9. The molecule has 0 fully saturated rings. The molecule has 2 N–H and O–H groups in total. The highest BCUT2D eigenvalue weighted by Crippen LogP contribution is 2.15. The van der Waals surface area contributed by atoms with Crippen molar-refractivity contribution in [2.24, 2.45) is 0 Å². The van der Waals surface area contributed by atoms with Gasteiger partial charge in [-0.1, -0.05) is 19.8 Å². The first kappa shape index (κ1) is 18.2. The molecule has 1 heterocycles. The monoisotopic (exact) mass is 374 g/mol. The van der Waals surface area contributed by atoms with Crippen LogP contribution in [-0.2, 0) is 9.59 Å². The number of amides is 2. The van der Waals surface area contributed by atoms with E-state index in [1.54, 1.807) is 6.07 Å². The van der Waals surface area contributed by atoms with Gasteiger partial charge in [0.2, 0.25) is 5.91 Å². The highest BCUT2D eigenvalue weighted by molar-refractivity contribution is 9.10. The number of carbonyl (C=O) groups is 3. The van der Waals surface area contributed by atoms with Crippen LogP contribution in [0.3, 0.4) is 0 Å². The quantitative estimate of drug-likeness (QED) is 0.723. The van der Waals surface area contributed by atoms with Crippen molar-refractivity contribution in [3.8, 4) is 0 Å². The van der Waals surface area contributed by atoms with Gasteiger partial charge in [0.1, 0.15) is 6.04 Å². The second-order valence-electron chi connectivity index (χ2n) is 4.87. The lowest BCUT2D eigenvalue weighted by molar-refractivity contribution is -0.142. The van der Waals surface area contributed by atoms with Gasteiger partial charge in [-0.25, -0.2) is 4.79 Å². The largest absolute Gasteiger partial charge is 0.480 e. The molecule has 1 rings (SSSR count). The number of rotatable bonds is 8. The molecule has 8 heteroatoms. The molecule has 1 aromatic rings. The van der Waals surface area contributed by atoms with Gasteiger partial charge in [0.25, 0.3) is 5.91 Å². The second-order valence-corrected chi connectivity index (χ2v) is 5.65. The summed E-state index contributed by atoms with van der Waals surface area (Å²) in [5.74, 6) is -1.96. The summed E-state index contributed by atoms with van der Waals surface area (Å²) in [5, 5.41) is 11.5. The molecule has 0 spiro atoms. The average molecular weight is 375 g/mol. The summed E-state index contributed by atoms with van der Waals surface area (Å²) in [7, 11) is 1.44. The summed E-state index contributed by atoms with van der Waals surface area (Å²) in [6.07, 6.45) is 1.90. The number of carbonyl (C=O) groups excluding carboxylic acids is 2. The number of hydrogen-bond acceptors (Lipinski definition) is 4. The number of aliphatic carboxylic acids is 1. The van der Waals surface area contributed by atoms with Crippen LogP contribution < -0.4 is 5.32 Å². The fourth-order valence-corrected chi connectivity index (χ4v) is 2.12. The van der Waals surface area contributed by atoms with E-state index in [2.05, 4.69) is 21.2 Å². The fourth-order valence-electron chi connectivity index (χ4n) is 1.81. The molecule has 0 aliphatic carbocycles. The number of nitrogens with zero attached hydrogens (tertiary/aromatic N) is 1. The normalized spacial score (nSPS) is 11.8. The molecule has 122 valence electrons. The van der Waals surface area contributed by atoms with Crippen molar-refractivity contribution in [3.05, 3.63) is 22.6 Å². The van der Waals surface area contributed by atoms with Crippen LogP contribution in [0.2, 0.25) is 0 Å². The van der Waals surface area contributed by atoms with E-state index in [0.29, 0.717) is 17.5 Å². The van der Waals surface area contributed by atoms with Gasteiger partial charge in [0.05, 0.1) is 6.54 Å². The van der Waals surface area contributed by atoms with E-state index in [-0.39, 0.29) is 12.3 Å². The smallest absolute Gasteiger partial charge is 0.326 e. The molecule has 0 radical (unpaired) electrons. The topological polar surface area (TPSA) is 99.9 Å². The Hall–Kier alpha value is -1.83. The second kappa shape index (κ2) is 8.57. The molecule has 1 aromatic heterocycles. The van der Waals surface area contributed by atoms with Crippen molar-refractivity contribution in [3.63, 3.8) is 0 Å². The molecule has 0 saturated heterocycles. The molecule has 0 bridgehead atoms. The van der Waals surface area contributed by atoms with Crippen LogP contribution >= 0.6 is 15.9 Å². The molecular formula is C14H19BrN2O5. The summed E-state index contributed by atoms with van der Waals surface area (Å²) in [5.41, 5.74) is 0. The number of hydrogen-bond donors (Lipinski definition) is 2. The van der Waals surface area contributed by atoms with Crippen LogP contribution in [0.25, 0.3) is 0 Å². The number of carboxylic acid groups (broad SMARTS) is 1. The van der Waals surface area contributed by atoms with E-state index >= 15 is 0 Å². The predicted molar refractivity (Wildman–Crippen MR) is 82.5 cm³/mol. The van der Waals surface area contributed by atoms with Gasteiger partial charge in [-0.3, -0.25) is 9.59 Å². The summed E-state index contributed by atoms with van der Waals surface area (Å²) >= 11 is 3.09. The molecule has 22 heavy (non-hydrogen) atoms. The van der Waals surface area contributed by atoms with Gasteiger partial charge < -0.3 is 19.7 Å². The first-order chi connectivity index (χ1) is 10.3. The molecule has 0 unspecified atom stereocenters. The van der Waals surface area contributed by atoms with Crippen molar-refractivity contribution in [1.82, 2.24) is 10.2 Å². The maximum absolute atomic E-state index is 12.0. The van der Waals surface area contributed by atoms with Crippen molar-refractivity contribution in [2.75, 3.05) is 13.6 Å². The first-order valence-corrected chi connectivity index (χ1v) is 7.67. The maximum Gasteiger partial charge on any atom is 0.326 e. The van der Waals surface area contributed by atoms with Crippen LogP contribution in [0.5, 0.6) is 0 Å². The van der Waals surface area contributed by atoms with Crippen molar-refractivity contribution >= 4 is 33.7 Å². The Morgan fingerprint density at radius 3 is 2.59 bits per heavy atom. The zero-order valence-electron chi connectivity index (χ0n) is 12.5. The molecule has 0 aliphatic heterocycles. The Morgan fingerprint density at radius 1 is 1.41 bits per heavy atom. The van der Waals surface area contributed by atoms with E-state index in [1.165, 1.54) is 18.0 Å². The number of unbranched alkanes of at least 4 members (excludes halogenated alkanes) is 1. The van der Waals surface area contributed by atoms with Crippen molar-refractivity contribution < 1.29 is 23.9 Å². The zero-order chi connectivity index (χ0) is 16.7. The third-order valence-corrected chi connectivity index (χ3v) is 3.42. The lowest BCUT2D eigenvalue weighted by atomic mass is 10.1. The molecule has 0 aliphatic rings. The summed E-state index contributed by atoms with van der Waals surface area (Å²) in [6, 6.07) is 2.13. The number of likely N-dealkylation sites (N-methyl/N-ethyl adjacent to an activating group) is 1. The van der Waals surface area contributed by atoms with Crippen LogP contribution in [0.4, 0.5) is 0 Å². The van der Waals surface area contributed by atoms with Gasteiger partial charge in [0, 0.05) is 7.05 Å². The third kappa shape index (κ3) is 5.51. The molecule has 0 aromatic carbocycles. The van der Waals surface area contributed by atoms with E-state index in [1.807, 2.05) is 6.92 Å². The molecule has 2 amide bonds. The fraction of sp³-hybridized carbons (Fsp3) is 0.500. The average Bonchev–Trinajstić information content (AvgIpc) is 2.88.